The van der Waals surface area contributed by atoms with Gasteiger partial charge in [-0.25, -0.2) is 4.68 Å². The van der Waals surface area contributed by atoms with Crippen molar-refractivity contribution in [3.63, 3.8) is 0 Å². The Morgan fingerprint density at radius 3 is 2.48 bits per heavy atom. The van der Waals surface area contributed by atoms with Crippen molar-refractivity contribution in [1.29, 1.82) is 0 Å². The summed E-state index contributed by atoms with van der Waals surface area (Å²) in [6, 6.07) is 6.23. The van der Waals surface area contributed by atoms with E-state index in [1.54, 1.807) is 7.11 Å². The van der Waals surface area contributed by atoms with Crippen LogP contribution in [-0.2, 0) is 6.42 Å². The van der Waals surface area contributed by atoms with E-state index in [2.05, 4.69) is 58.5 Å². The Morgan fingerprint density at radius 1 is 1.03 bits per heavy atom. The number of nitrogens with zero attached hydrogens (tertiary/aromatic N) is 6. The lowest BCUT2D eigenvalue weighted by atomic mass is 9.80. The third-order valence-corrected chi connectivity index (χ3v) is 6.17. The molecule has 31 heavy (non-hydrogen) atoms. The number of rotatable bonds is 3. The first-order valence-corrected chi connectivity index (χ1v) is 10.8. The third-order valence-electron chi connectivity index (χ3n) is 6.17. The minimum absolute atomic E-state index is 0.00842. The fourth-order valence-electron chi connectivity index (χ4n) is 5.32. The quantitative estimate of drug-likeness (QED) is 0.689. The molecule has 2 aliphatic rings. The van der Waals surface area contributed by atoms with Gasteiger partial charge >= 0.3 is 0 Å². The zero-order chi connectivity index (χ0) is 22.0. The highest BCUT2D eigenvalue weighted by molar-refractivity contribution is 5.93. The van der Waals surface area contributed by atoms with Gasteiger partial charge < -0.3 is 10.1 Å². The van der Waals surface area contributed by atoms with Crippen LogP contribution in [-0.4, -0.2) is 49.1 Å². The van der Waals surface area contributed by atoms with E-state index in [0.29, 0.717) is 5.69 Å². The van der Waals surface area contributed by atoms with Crippen LogP contribution in [0.5, 0.6) is 5.75 Å². The first-order valence-electron chi connectivity index (χ1n) is 10.8. The van der Waals surface area contributed by atoms with Gasteiger partial charge in [0, 0.05) is 28.8 Å². The minimum Gasteiger partial charge on any atom is -0.496 e. The molecule has 1 saturated heterocycles. The Kier molecular flexibility index (Phi) is 4.41. The van der Waals surface area contributed by atoms with Gasteiger partial charge in [0.15, 0.2) is 0 Å². The molecule has 5 rings (SSSR count). The summed E-state index contributed by atoms with van der Waals surface area (Å²) in [5, 5.41) is 21.7. The fraction of sp³-hybridized carbons (Fsp3) is 0.522. The molecule has 8 heteroatoms. The monoisotopic (exact) mass is 419 g/mol. The molecule has 162 valence electrons. The van der Waals surface area contributed by atoms with Crippen LogP contribution in [0, 0.1) is 0 Å². The summed E-state index contributed by atoms with van der Waals surface area (Å²) in [7, 11) is 1.68. The van der Waals surface area contributed by atoms with Crippen molar-refractivity contribution in [2.24, 2.45) is 4.99 Å². The highest BCUT2D eigenvalue weighted by Gasteiger charge is 2.39. The Hall–Kier alpha value is -2.87. The van der Waals surface area contributed by atoms with E-state index >= 15 is 0 Å². The van der Waals surface area contributed by atoms with Crippen LogP contribution in [0.25, 0.3) is 22.4 Å². The van der Waals surface area contributed by atoms with Crippen molar-refractivity contribution >= 4 is 22.6 Å². The smallest absolute Gasteiger partial charge is 0.201 e. The van der Waals surface area contributed by atoms with Crippen molar-refractivity contribution in [3.8, 4) is 17.0 Å². The summed E-state index contributed by atoms with van der Waals surface area (Å²) in [6.07, 6.45) is 2.76. The number of fused-ring (bicyclic) bond motifs is 2. The van der Waals surface area contributed by atoms with Gasteiger partial charge in [-0.3, -0.25) is 4.99 Å². The average Bonchev–Trinajstić information content (AvgIpc) is 3.25. The van der Waals surface area contributed by atoms with Crippen LogP contribution in [0.4, 0.5) is 5.69 Å². The SMILES string of the molecule is COc1cc2c(cc1-c1cc3nnn(C4CC(C)(C)NC(C)(C)C4)c3nn1)N=C(C)C2. The van der Waals surface area contributed by atoms with Crippen LogP contribution in [0.15, 0.2) is 23.2 Å². The molecular formula is C23H29N7O. The summed E-state index contributed by atoms with van der Waals surface area (Å²) >= 11 is 0. The molecule has 1 fully saturated rings. The minimum atomic E-state index is 0.00842. The lowest BCUT2D eigenvalue weighted by molar-refractivity contribution is 0.127. The number of aliphatic imine (C=N–C) groups is 1. The Morgan fingerprint density at radius 2 is 1.77 bits per heavy atom. The lowest BCUT2D eigenvalue weighted by Gasteiger charge is -2.46. The predicted molar refractivity (Wildman–Crippen MR) is 121 cm³/mol. The maximum Gasteiger partial charge on any atom is 0.201 e. The number of benzene rings is 1. The highest BCUT2D eigenvalue weighted by Crippen LogP contribution is 2.39. The van der Waals surface area contributed by atoms with E-state index in [1.165, 1.54) is 5.56 Å². The maximum atomic E-state index is 5.65. The summed E-state index contributed by atoms with van der Waals surface area (Å²) in [4.78, 5) is 4.64. The molecule has 0 atom stereocenters. The van der Waals surface area contributed by atoms with E-state index in [0.717, 1.165) is 53.1 Å². The molecule has 1 N–H and O–H groups in total. The summed E-state index contributed by atoms with van der Waals surface area (Å²) in [5.41, 5.74) is 6.30. The van der Waals surface area contributed by atoms with Crippen molar-refractivity contribution in [1.82, 2.24) is 30.5 Å². The Bertz CT molecular complexity index is 1190. The molecule has 4 heterocycles. The molecule has 0 aliphatic carbocycles. The standard InChI is InChI=1S/C23H29N7O/c1-13-7-14-8-20(31-6)16(9-17(14)24-13)18-10-19-21(27-25-18)30(29-26-19)15-11-22(2,3)28-23(4,5)12-15/h8-10,15,28H,7,11-12H2,1-6H3. The number of methoxy groups -OCH3 is 1. The summed E-state index contributed by atoms with van der Waals surface area (Å²) in [5.74, 6) is 0.770. The number of nitrogens with one attached hydrogen (secondary N) is 1. The number of aromatic nitrogens is 5. The molecule has 0 radical (unpaired) electrons. The number of hydrogen-bond acceptors (Lipinski definition) is 7. The summed E-state index contributed by atoms with van der Waals surface area (Å²) in [6.45, 7) is 11.0. The zero-order valence-corrected chi connectivity index (χ0v) is 19.0. The maximum absolute atomic E-state index is 5.65. The molecule has 2 aromatic heterocycles. The van der Waals surface area contributed by atoms with Gasteiger partial charge in [-0.15, -0.1) is 15.3 Å². The van der Waals surface area contributed by atoms with Crippen molar-refractivity contribution in [2.45, 2.75) is 71.0 Å². The van der Waals surface area contributed by atoms with Crippen LogP contribution < -0.4 is 10.1 Å². The molecule has 0 bridgehead atoms. The van der Waals surface area contributed by atoms with Gasteiger partial charge in [0.05, 0.1) is 24.5 Å². The second kappa shape index (κ2) is 6.82. The molecule has 0 spiro atoms. The van der Waals surface area contributed by atoms with Gasteiger partial charge in [0.25, 0.3) is 0 Å². The second-order valence-corrected chi connectivity index (χ2v) is 10.1. The normalized spacial score (nSPS) is 20.0. The zero-order valence-electron chi connectivity index (χ0n) is 19.0. The van der Waals surface area contributed by atoms with Gasteiger partial charge in [-0.05, 0) is 71.2 Å². The second-order valence-electron chi connectivity index (χ2n) is 10.1. The first-order chi connectivity index (χ1) is 14.6. The van der Waals surface area contributed by atoms with Gasteiger partial charge in [0.1, 0.15) is 11.3 Å². The van der Waals surface area contributed by atoms with E-state index in [-0.39, 0.29) is 17.1 Å². The van der Waals surface area contributed by atoms with Crippen LogP contribution in [0.1, 0.15) is 59.1 Å². The predicted octanol–water partition coefficient (Wildman–Crippen LogP) is 4.03. The Labute approximate surface area is 182 Å². The molecular weight excluding hydrogens is 390 g/mol. The topological polar surface area (TPSA) is 90.1 Å². The van der Waals surface area contributed by atoms with Crippen molar-refractivity contribution in [3.05, 3.63) is 23.8 Å². The number of hydrogen-bond donors (Lipinski definition) is 1. The number of piperidine rings is 1. The van der Waals surface area contributed by atoms with E-state index in [1.807, 2.05) is 29.8 Å². The molecule has 2 aliphatic heterocycles. The largest absolute Gasteiger partial charge is 0.496 e. The molecule has 3 aromatic rings. The molecule has 0 unspecified atom stereocenters. The van der Waals surface area contributed by atoms with Crippen LogP contribution in [0.3, 0.4) is 0 Å². The summed E-state index contributed by atoms with van der Waals surface area (Å²) < 4.78 is 7.60. The van der Waals surface area contributed by atoms with Crippen LogP contribution >= 0.6 is 0 Å². The molecule has 0 amide bonds. The molecule has 1 aromatic carbocycles. The van der Waals surface area contributed by atoms with E-state index in [9.17, 15) is 0 Å². The van der Waals surface area contributed by atoms with Crippen molar-refractivity contribution in [2.75, 3.05) is 7.11 Å². The lowest BCUT2D eigenvalue weighted by Crippen LogP contribution is -2.58. The first kappa shape index (κ1) is 20.1. The van der Waals surface area contributed by atoms with Crippen LogP contribution in [0.2, 0.25) is 0 Å². The third kappa shape index (κ3) is 3.59. The van der Waals surface area contributed by atoms with Gasteiger partial charge in [0.2, 0.25) is 5.65 Å². The highest BCUT2D eigenvalue weighted by atomic mass is 16.5. The van der Waals surface area contributed by atoms with E-state index in [4.69, 9.17) is 4.74 Å². The Balaban J connectivity index is 1.55. The van der Waals surface area contributed by atoms with Gasteiger partial charge in [-0.1, -0.05) is 5.21 Å². The number of ether oxygens (including phenoxy) is 1. The van der Waals surface area contributed by atoms with E-state index < -0.39 is 0 Å². The van der Waals surface area contributed by atoms with Crippen molar-refractivity contribution < 1.29 is 4.74 Å². The average molecular weight is 420 g/mol. The fourth-order valence-corrected chi connectivity index (χ4v) is 5.32. The molecule has 0 saturated carbocycles. The molecule has 8 nitrogen and oxygen atoms in total. The van der Waals surface area contributed by atoms with Gasteiger partial charge in [-0.2, -0.15) is 0 Å².